The Morgan fingerprint density at radius 3 is 2.89 bits per heavy atom. The van der Waals surface area contributed by atoms with Gasteiger partial charge >= 0.3 is 0 Å². The minimum Gasteiger partial charge on any atom is -0.385 e. The molecular formula is C18H21N5O2S2. The van der Waals surface area contributed by atoms with Gasteiger partial charge in [0.1, 0.15) is 6.33 Å². The van der Waals surface area contributed by atoms with Crippen molar-refractivity contribution in [2.24, 2.45) is 0 Å². The molecule has 7 nitrogen and oxygen atoms in total. The Morgan fingerprint density at radius 1 is 1.33 bits per heavy atom. The highest BCUT2D eigenvalue weighted by Gasteiger charge is 2.18. The Bertz CT molecular complexity index is 866. The van der Waals surface area contributed by atoms with Gasteiger partial charge in [0, 0.05) is 38.3 Å². The van der Waals surface area contributed by atoms with Crippen LogP contribution in [0.5, 0.6) is 0 Å². The largest absolute Gasteiger partial charge is 0.385 e. The van der Waals surface area contributed by atoms with Crippen LogP contribution in [-0.4, -0.2) is 39.4 Å². The van der Waals surface area contributed by atoms with Gasteiger partial charge in [-0.2, -0.15) is 0 Å². The van der Waals surface area contributed by atoms with Crippen LogP contribution in [0, 0.1) is 0 Å². The minimum absolute atomic E-state index is 0.0624. The zero-order valence-corrected chi connectivity index (χ0v) is 16.9. The molecule has 1 aromatic carbocycles. The average molecular weight is 404 g/mol. The molecule has 0 spiro atoms. The molecule has 0 fully saturated rings. The van der Waals surface area contributed by atoms with Crippen molar-refractivity contribution in [3.63, 3.8) is 0 Å². The summed E-state index contributed by atoms with van der Waals surface area (Å²) in [7, 11) is 1.70. The van der Waals surface area contributed by atoms with Gasteiger partial charge in [0.15, 0.2) is 10.3 Å². The smallest absolute Gasteiger partial charge is 0.230 e. The summed E-state index contributed by atoms with van der Waals surface area (Å²) in [5.41, 5.74) is 1.73. The van der Waals surface area contributed by atoms with E-state index in [1.807, 2.05) is 40.3 Å². The van der Waals surface area contributed by atoms with E-state index in [4.69, 9.17) is 4.74 Å². The van der Waals surface area contributed by atoms with Crippen molar-refractivity contribution >= 4 is 39.8 Å². The number of thioether (sulfide) groups is 1. The van der Waals surface area contributed by atoms with E-state index in [0.29, 0.717) is 17.5 Å². The molecule has 0 aliphatic heterocycles. The van der Waals surface area contributed by atoms with Gasteiger partial charge in [0.25, 0.3) is 0 Å². The van der Waals surface area contributed by atoms with E-state index in [0.717, 1.165) is 29.5 Å². The molecule has 1 amide bonds. The molecule has 0 radical (unpaired) electrons. The van der Waals surface area contributed by atoms with Crippen LogP contribution in [0.15, 0.2) is 47.2 Å². The molecule has 0 saturated heterocycles. The van der Waals surface area contributed by atoms with Crippen LogP contribution in [-0.2, 0) is 21.8 Å². The molecule has 2 aromatic heterocycles. The van der Waals surface area contributed by atoms with E-state index in [9.17, 15) is 4.79 Å². The first-order valence-electron chi connectivity index (χ1n) is 8.48. The summed E-state index contributed by atoms with van der Waals surface area (Å²) in [5, 5.41) is 11.7. The zero-order valence-electron chi connectivity index (χ0n) is 15.2. The molecule has 0 bridgehead atoms. The summed E-state index contributed by atoms with van der Waals surface area (Å²) >= 11 is 3.04. The lowest BCUT2D eigenvalue weighted by Crippen LogP contribution is -2.22. The van der Waals surface area contributed by atoms with E-state index >= 15 is 0 Å². The van der Waals surface area contributed by atoms with Crippen molar-refractivity contribution in [3.8, 4) is 0 Å². The molecule has 3 aromatic rings. The summed E-state index contributed by atoms with van der Waals surface area (Å²) in [6.45, 7) is 3.07. The van der Waals surface area contributed by atoms with Crippen molar-refractivity contribution in [1.29, 1.82) is 0 Å². The van der Waals surface area contributed by atoms with Gasteiger partial charge in [0.2, 0.25) is 5.91 Å². The molecule has 0 aliphatic rings. The summed E-state index contributed by atoms with van der Waals surface area (Å²) in [4.78, 5) is 18.4. The van der Waals surface area contributed by atoms with Crippen LogP contribution >= 0.6 is 23.1 Å². The number of aromatic nitrogens is 4. The summed E-state index contributed by atoms with van der Waals surface area (Å²) in [6.07, 6.45) is 2.64. The maximum Gasteiger partial charge on any atom is 0.230 e. The van der Waals surface area contributed by atoms with Gasteiger partial charge < -0.3 is 9.30 Å². The molecular weight excluding hydrogens is 382 g/mol. The second-order valence-corrected chi connectivity index (χ2v) is 7.53. The maximum atomic E-state index is 12.1. The fourth-order valence-electron chi connectivity index (χ4n) is 2.50. The van der Waals surface area contributed by atoms with Gasteiger partial charge in [-0.1, -0.05) is 30.0 Å². The topological polar surface area (TPSA) is 73.1 Å². The molecule has 0 saturated carbocycles. The second kappa shape index (κ2) is 9.63. The van der Waals surface area contributed by atoms with E-state index in [2.05, 4.69) is 15.2 Å². The molecule has 0 aliphatic carbocycles. The standard InChI is InChI=1S/C18H21N5O2S2/c1-14(24)23(16-7-4-3-5-8-16)17-20-15(11-26-17)12-27-18-21-19-13-22(18)9-6-10-25-2/h3-5,7-8,11,13H,6,9-10,12H2,1-2H3. The molecule has 0 N–H and O–H groups in total. The molecule has 2 heterocycles. The van der Waals surface area contributed by atoms with E-state index in [-0.39, 0.29) is 5.91 Å². The number of aryl methyl sites for hydroxylation is 1. The SMILES string of the molecule is COCCCn1cnnc1SCc1csc(N(C(C)=O)c2ccccc2)n1. The number of ether oxygens (including phenoxy) is 1. The number of hydrogen-bond donors (Lipinski definition) is 0. The van der Waals surface area contributed by atoms with Crippen LogP contribution in [0.4, 0.5) is 10.8 Å². The van der Waals surface area contributed by atoms with Crippen LogP contribution in [0.25, 0.3) is 0 Å². The first-order chi connectivity index (χ1) is 13.2. The summed E-state index contributed by atoms with van der Waals surface area (Å²) < 4.78 is 7.11. The Morgan fingerprint density at radius 2 is 2.15 bits per heavy atom. The first-order valence-corrected chi connectivity index (χ1v) is 10.3. The third-order valence-electron chi connectivity index (χ3n) is 3.74. The van der Waals surface area contributed by atoms with Crippen LogP contribution < -0.4 is 4.90 Å². The quantitative estimate of drug-likeness (QED) is 0.400. The number of hydrogen-bond acceptors (Lipinski definition) is 7. The molecule has 27 heavy (non-hydrogen) atoms. The van der Waals surface area contributed by atoms with E-state index < -0.39 is 0 Å². The van der Waals surface area contributed by atoms with Gasteiger partial charge in [-0.15, -0.1) is 21.5 Å². The zero-order chi connectivity index (χ0) is 19.1. The number of amides is 1. The Labute approximate surface area is 166 Å². The van der Waals surface area contributed by atoms with Crippen molar-refractivity contribution in [2.75, 3.05) is 18.6 Å². The number of benzene rings is 1. The van der Waals surface area contributed by atoms with Crippen LogP contribution in [0.3, 0.4) is 0 Å². The highest BCUT2D eigenvalue weighted by molar-refractivity contribution is 7.98. The number of nitrogens with zero attached hydrogens (tertiary/aromatic N) is 5. The van der Waals surface area contributed by atoms with E-state index in [1.165, 1.54) is 11.3 Å². The second-order valence-electron chi connectivity index (χ2n) is 5.75. The highest BCUT2D eigenvalue weighted by atomic mass is 32.2. The van der Waals surface area contributed by atoms with Gasteiger partial charge in [0.05, 0.1) is 11.4 Å². The predicted octanol–water partition coefficient (Wildman–Crippen LogP) is 3.75. The number of para-hydroxylation sites is 1. The number of carbonyl (C=O) groups is 1. The summed E-state index contributed by atoms with van der Waals surface area (Å²) in [5.74, 6) is 0.604. The summed E-state index contributed by atoms with van der Waals surface area (Å²) in [6, 6.07) is 9.55. The van der Waals surface area contributed by atoms with E-state index in [1.54, 1.807) is 37.0 Å². The number of rotatable bonds is 9. The molecule has 142 valence electrons. The van der Waals surface area contributed by atoms with Gasteiger partial charge in [-0.25, -0.2) is 4.98 Å². The Kier molecular flexibility index (Phi) is 6.97. The van der Waals surface area contributed by atoms with Crippen molar-refractivity contribution in [1.82, 2.24) is 19.7 Å². The Balaban J connectivity index is 1.66. The molecule has 9 heteroatoms. The minimum atomic E-state index is -0.0624. The molecule has 0 atom stereocenters. The van der Waals surface area contributed by atoms with Gasteiger partial charge in [-0.3, -0.25) is 9.69 Å². The molecule has 3 rings (SSSR count). The van der Waals surface area contributed by atoms with Crippen LogP contribution in [0.1, 0.15) is 19.0 Å². The Hall–Kier alpha value is -2.23. The predicted molar refractivity (Wildman–Crippen MR) is 107 cm³/mol. The fourth-order valence-corrected chi connectivity index (χ4v) is 4.32. The first kappa shape index (κ1) is 19.5. The maximum absolute atomic E-state index is 12.1. The number of thiazole rings is 1. The average Bonchev–Trinajstić information content (AvgIpc) is 3.30. The normalized spacial score (nSPS) is 10.9. The van der Waals surface area contributed by atoms with Gasteiger partial charge in [-0.05, 0) is 18.6 Å². The lowest BCUT2D eigenvalue weighted by atomic mass is 10.3. The number of methoxy groups -OCH3 is 1. The third kappa shape index (κ3) is 5.15. The number of anilines is 2. The fraction of sp³-hybridized carbons (Fsp3) is 0.333. The third-order valence-corrected chi connectivity index (χ3v) is 5.63. The lowest BCUT2D eigenvalue weighted by Gasteiger charge is -2.17. The highest BCUT2D eigenvalue weighted by Crippen LogP contribution is 2.30. The monoisotopic (exact) mass is 403 g/mol. The van der Waals surface area contributed by atoms with Crippen molar-refractivity contribution in [2.45, 2.75) is 30.8 Å². The lowest BCUT2D eigenvalue weighted by molar-refractivity contribution is -0.115. The van der Waals surface area contributed by atoms with Crippen molar-refractivity contribution in [3.05, 3.63) is 47.7 Å². The molecule has 0 unspecified atom stereocenters. The van der Waals surface area contributed by atoms with Crippen LogP contribution in [0.2, 0.25) is 0 Å². The number of carbonyl (C=O) groups excluding carboxylic acids is 1. The van der Waals surface area contributed by atoms with Crippen molar-refractivity contribution < 1.29 is 9.53 Å².